The summed E-state index contributed by atoms with van der Waals surface area (Å²) in [6, 6.07) is 13.5. The second-order valence-corrected chi connectivity index (χ2v) is 6.43. The van der Waals surface area contributed by atoms with Gasteiger partial charge in [0.25, 0.3) is 0 Å². The molecule has 0 radical (unpaired) electrons. The molecule has 0 aliphatic heterocycles. The molecule has 1 amide bonds. The van der Waals surface area contributed by atoms with Crippen LogP contribution in [0.15, 0.2) is 46.9 Å². The van der Waals surface area contributed by atoms with Crippen LogP contribution in [0.25, 0.3) is 0 Å². The van der Waals surface area contributed by atoms with Crippen molar-refractivity contribution in [2.75, 3.05) is 18.5 Å². The molecule has 4 nitrogen and oxygen atoms in total. The Kier molecular flexibility index (Phi) is 7.79. The van der Waals surface area contributed by atoms with Crippen molar-refractivity contribution in [2.45, 2.75) is 33.1 Å². The zero-order valence-electron chi connectivity index (χ0n) is 14.7. The Morgan fingerprint density at radius 3 is 2.48 bits per heavy atom. The van der Waals surface area contributed by atoms with Crippen LogP contribution >= 0.6 is 15.9 Å². The number of anilines is 1. The van der Waals surface area contributed by atoms with Gasteiger partial charge in [-0.05, 0) is 77.7 Å². The SMILES string of the molecule is CCOc1ccc(NC(=O)CCCOc2ccc(CC)cc2Br)cc1. The van der Waals surface area contributed by atoms with Gasteiger partial charge in [0.15, 0.2) is 0 Å². The summed E-state index contributed by atoms with van der Waals surface area (Å²) in [6.07, 6.45) is 2.06. The van der Waals surface area contributed by atoms with E-state index in [4.69, 9.17) is 9.47 Å². The van der Waals surface area contributed by atoms with Crippen molar-refractivity contribution in [3.8, 4) is 11.5 Å². The van der Waals surface area contributed by atoms with Crippen LogP contribution in [0, 0.1) is 0 Å². The molecule has 25 heavy (non-hydrogen) atoms. The van der Waals surface area contributed by atoms with Crippen molar-refractivity contribution in [3.05, 3.63) is 52.5 Å². The van der Waals surface area contributed by atoms with Crippen molar-refractivity contribution in [3.63, 3.8) is 0 Å². The van der Waals surface area contributed by atoms with E-state index in [9.17, 15) is 4.79 Å². The highest BCUT2D eigenvalue weighted by atomic mass is 79.9. The van der Waals surface area contributed by atoms with Gasteiger partial charge in [-0.1, -0.05) is 13.0 Å². The summed E-state index contributed by atoms with van der Waals surface area (Å²) in [5.74, 6) is 1.59. The van der Waals surface area contributed by atoms with Crippen LogP contribution in [-0.4, -0.2) is 19.1 Å². The highest BCUT2D eigenvalue weighted by Crippen LogP contribution is 2.26. The number of amides is 1. The maximum atomic E-state index is 12.0. The molecule has 2 aromatic carbocycles. The van der Waals surface area contributed by atoms with E-state index in [2.05, 4.69) is 40.3 Å². The lowest BCUT2D eigenvalue weighted by Gasteiger charge is -2.10. The molecule has 2 aromatic rings. The Morgan fingerprint density at radius 1 is 1.08 bits per heavy atom. The predicted molar refractivity (Wildman–Crippen MR) is 104 cm³/mol. The van der Waals surface area contributed by atoms with Crippen LogP contribution in [0.5, 0.6) is 11.5 Å². The van der Waals surface area contributed by atoms with Gasteiger partial charge in [-0.2, -0.15) is 0 Å². The lowest BCUT2D eigenvalue weighted by molar-refractivity contribution is -0.116. The molecule has 5 heteroatoms. The largest absolute Gasteiger partial charge is 0.494 e. The fourth-order valence-corrected chi connectivity index (χ4v) is 2.86. The molecule has 0 saturated heterocycles. The Bertz CT molecular complexity index is 686. The van der Waals surface area contributed by atoms with Crippen LogP contribution < -0.4 is 14.8 Å². The Hall–Kier alpha value is -2.01. The third-order valence-electron chi connectivity index (χ3n) is 3.66. The number of aryl methyl sites for hydroxylation is 1. The number of hydrogen-bond acceptors (Lipinski definition) is 3. The van der Waals surface area contributed by atoms with Crippen molar-refractivity contribution in [1.82, 2.24) is 0 Å². The van der Waals surface area contributed by atoms with Crippen LogP contribution in [0.2, 0.25) is 0 Å². The minimum atomic E-state index is -0.0202. The summed E-state index contributed by atoms with van der Waals surface area (Å²) >= 11 is 3.52. The maximum Gasteiger partial charge on any atom is 0.224 e. The molecule has 0 aliphatic rings. The van der Waals surface area contributed by atoms with Crippen LogP contribution in [0.1, 0.15) is 32.3 Å². The number of halogens is 1. The summed E-state index contributed by atoms with van der Waals surface area (Å²) in [5.41, 5.74) is 2.03. The van der Waals surface area contributed by atoms with E-state index in [1.165, 1.54) is 5.56 Å². The zero-order chi connectivity index (χ0) is 18.1. The molecule has 0 unspecified atom stereocenters. The van der Waals surface area contributed by atoms with Gasteiger partial charge in [-0.3, -0.25) is 4.79 Å². The zero-order valence-corrected chi connectivity index (χ0v) is 16.3. The summed E-state index contributed by atoms with van der Waals surface area (Å²) in [4.78, 5) is 12.0. The first-order valence-corrected chi connectivity index (χ1v) is 9.35. The average Bonchev–Trinajstić information content (AvgIpc) is 2.61. The molecular weight excluding hydrogens is 382 g/mol. The molecule has 0 bridgehead atoms. The van der Waals surface area contributed by atoms with Gasteiger partial charge in [-0.15, -0.1) is 0 Å². The van der Waals surface area contributed by atoms with E-state index in [1.807, 2.05) is 37.3 Å². The van der Waals surface area contributed by atoms with Gasteiger partial charge in [-0.25, -0.2) is 0 Å². The predicted octanol–water partition coefficient (Wildman–Crippen LogP) is 5.21. The van der Waals surface area contributed by atoms with E-state index < -0.39 is 0 Å². The lowest BCUT2D eigenvalue weighted by Crippen LogP contribution is -2.12. The summed E-state index contributed by atoms with van der Waals surface area (Å²) in [7, 11) is 0. The Balaban J connectivity index is 1.71. The van der Waals surface area contributed by atoms with Crippen molar-refractivity contribution < 1.29 is 14.3 Å². The van der Waals surface area contributed by atoms with E-state index in [0.717, 1.165) is 28.1 Å². The average molecular weight is 406 g/mol. The molecule has 134 valence electrons. The highest BCUT2D eigenvalue weighted by molar-refractivity contribution is 9.10. The van der Waals surface area contributed by atoms with Crippen molar-refractivity contribution in [1.29, 1.82) is 0 Å². The third kappa shape index (κ3) is 6.42. The first-order valence-electron chi connectivity index (χ1n) is 8.56. The van der Waals surface area contributed by atoms with E-state index in [1.54, 1.807) is 0 Å². The number of rotatable bonds is 9. The molecule has 0 atom stereocenters. The molecule has 0 spiro atoms. The molecule has 0 aromatic heterocycles. The monoisotopic (exact) mass is 405 g/mol. The molecule has 0 fully saturated rings. The fraction of sp³-hybridized carbons (Fsp3) is 0.350. The number of carbonyl (C=O) groups is 1. The summed E-state index contributed by atoms with van der Waals surface area (Å²) in [6.45, 7) is 5.18. The quantitative estimate of drug-likeness (QED) is 0.582. The highest BCUT2D eigenvalue weighted by Gasteiger charge is 2.05. The topological polar surface area (TPSA) is 47.6 Å². The van der Waals surface area contributed by atoms with E-state index in [0.29, 0.717) is 26.1 Å². The molecule has 0 heterocycles. The molecule has 1 N–H and O–H groups in total. The molecule has 0 saturated carbocycles. The number of nitrogens with one attached hydrogen (secondary N) is 1. The standard InChI is InChI=1S/C20H24BrNO3/c1-3-15-7-12-19(18(21)14-15)25-13-5-6-20(23)22-16-8-10-17(11-9-16)24-4-2/h7-12,14H,3-6,13H2,1-2H3,(H,22,23). The number of benzene rings is 2. The smallest absolute Gasteiger partial charge is 0.224 e. The van der Waals surface area contributed by atoms with Crippen molar-refractivity contribution in [2.24, 2.45) is 0 Å². The maximum absolute atomic E-state index is 12.0. The van der Waals surface area contributed by atoms with Gasteiger partial charge in [0.2, 0.25) is 5.91 Å². The second kappa shape index (κ2) is 10.1. The van der Waals surface area contributed by atoms with Gasteiger partial charge in [0.05, 0.1) is 17.7 Å². The van der Waals surface area contributed by atoms with E-state index >= 15 is 0 Å². The first kappa shape index (κ1) is 19.3. The number of ether oxygens (including phenoxy) is 2. The van der Waals surface area contributed by atoms with Crippen LogP contribution in [0.4, 0.5) is 5.69 Å². The number of carbonyl (C=O) groups excluding carboxylic acids is 1. The molecule has 0 aliphatic carbocycles. The summed E-state index contributed by atoms with van der Waals surface area (Å²) in [5, 5.41) is 2.88. The minimum Gasteiger partial charge on any atom is -0.494 e. The van der Waals surface area contributed by atoms with Gasteiger partial charge < -0.3 is 14.8 Å². The van der Waals surface area contributed by atoms with Gasteiger partial charge in [0, 0.05) is 12.1 Å². The molecular formula is C20H24BrNO3. The van der Waals surface area contributed by atoms with Crippen molar-refractivity contribution >= 4 is 27.5 Å². The third-order valence-corrected chi connectivity index (χ3v) is 4.28. The number of hydrogen-bond donors (Lipinski definition) is 1. The second-order valence-electron chi connectivity index (χ2n) is 5.58. The van der Waals surface area contributed by atoms with Gasteiger partial charge >= 0.3 is 0 Å². The normalized spacial score (nSPS) is 10.4. The lowest BCUT2D eigenvalue weighted by atomic mass is 10.2. The Morgan fingerprint density at radius 2 is 1.84 bits per heavy atom. The fourth-order valence-electron chi connectivity index (χ4n) is 2.32. The van der Waals surface area contributed by atoms with Gasteiger partial charge in [0.1, 0.15) is 11.5 Å². The molecule has 2 rings (SSSR count). The first-order chi connectivity index (χ1) is 12.1. The minimum absolute atomic E-state index is 0.0202. The van der Waals surface area contributed by atoms with E-state index in [-0.39, 0.29) is 5.91 Å². The Labute approximate surface area is 157 Å². The summed E-state index contributed by atoms with van der Waals surface area (Å²) < 4.78 is 12.1. The van der Waals surface area contributed by atoms with Crippen LogP contribution in [-0.2, 0) is 11.2 Å². The van der Waals surface area contributed by atoms with Crippen LogP contribution in [0.3, 0.4) is 0 Å².